The lowest BCUT2D eigenvalue weighted by molar-refractivity contribution is 0.803. The molecule has 68 valence electrons. The summed E-state index contributed by atoms with van der Waals surface area (Å²) >= 11 is 6.76. The maximum Gasteiger partial charge on any atom is 0.0608 e. The first-order valence-electron chi connectivity index (χ1n) is 3.64. The van der Waals surface area contributed by atoms with Crippen LogP contribution in [0.2, 0.25) is 0 Å². The summed E-state index contributed by atoms with van der Waals surface area (Å²) in [6.45, 7) is 1.85. The van der Waals surface area contributed by atoms with E-state index in [4.69, 9.17) is 5.53 Å². The van der Waals surface area contributed by atoms with Gasteiger partial charge >= 0.3 is 0 Å². The average Bonchev–Trinajstić information content (AvgIpc) is 2.04. The molecule has 1 atom stereocenters. The Morgan fingerprint density at radius 2 is 2.15 bits per heavy atom. The van der Waals surface area contributed by atoms with Crippen molar-refractivity contribution in [2.24, 2.45) is 5.11 Å². The summed E-state index contributed by atoms with van der Waals surface area (Å²) in [6.07, 6.45) is 0. The maximum absolute atomic E-state index is 8.28. The first-order valence-corrected chi connectivity index (χ1v) is 5.23. The Morgan fingerprint density at radius 3 is 2.69 bits per heavy atom. The third kappa shape index (κ3) is 2.72. The van der Waals surface area contributed by atoms with Crippen LogP contribution < -0.4 is 0 Å². The highest BCUT2D eigenvalue weighted by atomic mass is 79.9. The van der Waals surface area contributed by atoms with E-state index in [2.05, 4.69) is 41.9 Å². The van der Waals surface area contributed by atoms with E-state index in [0.717, 1.165) is 14.5 Å². The van der Waals surface area contributed by atoms with Crippen molar-refractivity contribution in [3.63, 3.8) is 0 Å². The van der Waals surface area contributed by atoms with Crippen LogP contribution in [0.5, 0.6) is 0 Å². The highest BCUT2D eigenvalue weighted by molar-refractivity contribution is 9.11. The number of hydrogen-bond donors (Lipinski definition) is 0. The minimum Gasteiger partial charge on any atom is -0.0862 e. The maximum atomic E-state index is 8.28. The van der Waals surface area contributed by atoms with Gasteiger partial charge in [0.2, 0.25) is 0 Å². The Balaban J connectivity index is 3.08. The van der Waals surface area contributed by atoms with Crippen LogP contribution in [0.25, 0.3) is 10.4 Å². The van der Waals surface area contributed by atoms with Crippen LogP contribution in [-0.2, 0) is 0 Å². The predicted molar refractivity (Wildman–Crippen MR) is 59.4 cm³/mol. The molecule has 1 aromatic carbocycles. The van der Waals surface area contributed by atoms with Crippen LogP contribution in [0.1, 0.15) is 18.5 Å². The van der Waals surface area contributed by atoms with Gasteiger partial charge in [-0.1, -0.05) is 50.0 Å². The molecule has 0 spiro atoms. The Labute approximate surface area is 93.0 Å². The van der Waals surface area contributed by atoms with E-state index >= 15 is 0 Å². The summed E-state index contributed by atoms with van der Waals surface area (Å²) in [5.74, 6) is 0. The Morgan fingerprint density at radius 1 is 1.46 bits per heavy atom. The zero-order valence-electron chi connectivity index (χ0n) is 6.91. The fourth-order valence-corrected chi connectivity index (χ4v) is 2.36. The highest BCUT2D eigenvalue weighted by Gasteiger charge is 2.06. The van der Waals surface area contributed by atoms with E-state index in [1.165, 1.54) is 0 Å². The molecule has 0 fully saturated rings. The molecule has 0 amide bonds. The molecule has 0 saturated heterocycles. The van der Waals surface area contributed by atoms with Crippen molar-refractivity contribution in [1.82, 2.24) is 0 Å². The van der Waals surface area contributed by atoms with Crippen LogP contribution in [0.15, 0.2) is 32.3 Å². The van der Waals surface area contributed by atoms with Crippen molar-refractivity contribution in [3.8, 4) is 0 Å². The molecule has 0 bridgehead atoms. The summed E-state index contributed by atoms with van der Waals surface area (Å²) in [5, 5.41) is 3.62. The monoisotopic (exact) mass is 303 g/mol. The number of halogens is 2. The van der Waals surface area contributed by atoms with Crippen molar-refractivity contribution >= 4 is 31.9 Å². The van der Waals surface area contributed by atoms with Crippen molar-refractivity contribution in [2.75, 3.05) is 0 Å². The van der Waals surface area contributed by atoms with Crippen molar-refractivity contribution in [1.29, 1.82) is 0 Å². The van der Waals surface area contributed by atoms with Gasteiger partial charge < -0.3 is 0 Å². The standard InChI is InChI=1S/C8H7Br2N3/c1-5(12-13-11)7-3-2-6(9)4-8(7)10/h2-5H,1H3/t5-/m1/s1. The minimum absolute atomic E-state index is 0.146. The minimum atomic E-state index is -0.146. The van der Waals surface area contributed by atoms with Crippen LogP contribution in [0.3, 0.4) is 0 Å². The summed E-state index contributed by atoms with van der Waals surface area (Å²) < 4.78 is 1.94. The Hall–Kier alpha value is -0.510. The molecule has 1 aromatic rings. The summed E-state index contributed by atoms with van der Waals surface area (Å²) in [5.41, 5.74) is 9.26. The van der Waals surface area contributed by atoms with E-state index in [9.17, 15) is 0 Å². The van der Waals surface area contributed by atoms with E-state index in [1.807, 2.05) is 25.1 Å². The second-order valence-electron chi connectivity index (χ2n) is 2.55. The highest BCUT2D eigenvalue weighted by Crippen LogP contribution is 2.28. The van der Waals surface area contributed by atoms with Crippen LogP contribution in [0, 0.1) is 0 Å². The average molecular weight is 305 g/mol. The predicted octanol–water partition coefficient (Wildman–Crippen LogP) is 4.58. The third-order valence-corrected chi connectivity index (χ3v) is 2.82. The lowest BCUT2D eigenvalue weighted by Crippen LogP contribution is -1.89. The molecule has 0 aliphatic carbocycles. The van der Waals surface area contributed by atoms with Crippen LogP contribution in [0.4, 0.5) is 0 Å². The van der Waals surface area contributed by atoms with Gasteiger partial charge in [-0.25, -0.2) is 0 Å². The van der Waals surface area contributed by atoms with Gasteiger partial charge in [-0.2, -0.15) is 0 Å². The molecule has 5 heteroatoms. The van der Waals surface area contributed by atoms with Crippen molar-refractivity contribution in [2.45, 2.75) is 13.0 Å². The van der Waals surface area contributed by atoms with Crippen molar-refractivity contribution < 1.29 is 0 Å². The summed E-state index contributed by atoms with van der Waals surface area (Å²) in [7, 11) is 0. The topological polar surface area (TPSA) is 48.8 Å². The molecule has 13 heavy (non-hydrogen) atoms. The zero-order chi connectivity index (χ0) is 9.84. The fourth-order valence-electron chi connectivity index (χ4n) is 0.980. The molecule has 1 rings (SSSR count). The van der Waals surface area contributed by atoms with Gasteiger partial charge in [0.15, 0.2) is 0 Å². The molecule has 3 nitrogen and oxygen atoms in total. The SMILES string of the molecule is C[C@@H](N=[N+]=[N-])c1ccc(Br)cc1Br. The molecule has 0 unspecified atom stereocenters. The van der Waals surface area contributed by atoms with Gasteiger partial charge in [-0.15, -0.1) is 0 Å². The second-order valence-corrected chi connectivity index (χ2v) is 4.32. The van der Waals surface area contributed by atoms with E-state index in [1.54, 1.807) is 0 Å². The van der Waals surface area contributed by atoms with Gasteiger partial charge in [0.25, 0.3) is 0 Å². The van der Waals surface area contributed by atoms with Gasteiger partial charge in [0, 0.05) is 13.9 Å². The molecule has 0 saturated carbocycles. The molecule has 0 aliphatic heterocycles. The normalized spacial score (nSPS) is 11.9. The van der Waals surface area contributed by atoms with Gasteiger partial charge in [0.1, 0.15) is 0 Å². The van der Waals surface area contributed by atoms with Gasteiger partial charge in [-0.05, 0) is 23.2 Å². The molecule has 0 radical (unpaired) electrons. The summed E-state index contributed by atoms with van der Waals surface area (Å²) in [4.78, 5) is 2.77. The largest absolute Gasteiger partial charge is 0.0862 e. The smallest absolute Gasteiger partial charge is 0.0608 e. The van der Waals surface area contributed by atoms with Crippen LogP contribution >= 0.6 is 31.9 Å². The van der Waals surface area contributed by atoms with Crippen molar-refractivity contribution in [3.05, 3.63) is 43.2 Å². The lowest BCUT2D eigenvalue weighted by atomic mass is 10.1. The second kappa shape index (κ2) is 4.65. The fraction of sp³-hybridized carbons (Fsp3) is 0.250. The molecular weight excluding hydrogens is 298 g/mol. The first kappa shape index (κ1) is 10.6. The molecular formula is C8H7Br2N3. The number of benzene rings is 1. The number of hydrogen-bond acceptors (Lipinski definition) is 1. The third-order valence-electron chi connectivity index (χ3n) is 1.64. The molecule has 0 aliphatic rings. The Kier molecular flexibility index (Phi) is 3.78. The molecule has 0 N–H and O–H groups in total. The Bertz CT molecular complexity index is 358. The van der Waals surface area contributed by atoms with Crippen LogP contribution in [-0.4, -0.2) is 0 Å². The molecule has 0 aromatic heterocycles. The first-order chi connectivity index (χ1) is 6.15. The summed E-state index contributed by atoms with van der Waals surface area (Å²) in [6, 6.07) is 5.63. The number of rotatable bonds is 2. The van der Waals surface area contributed by atoms with E-state index in [-0.39, 0.29) is 6.04 Å². The number of nitrogens with zero attached hydrogens (tertiary/aromatic N) is 3. The van der Waals surface area contributed by atoms with Gasteiger partial charge in [0.05, 0.1) is 6.04 Å². The van der Waals surface area contributed by atoms with Gasteiger partial charge in [-0.3, -0.25) is 0 Å². The molecule has 0 heterocycles. The zero-order valence-corrected chi connectivity index (χ0v) is 10.1. The van der Waals surface area contributed by atoms with E-state index in [0.29, 0.717) is 0 Å². The lowest BCUT2D eigenvalue weighted by Gasteiger charge is -2.07. The van der Waals surface area contributed by atoms with E-state index < -0.39 is 0 Å². The quantitative estimate of drug-likeness (QED) is 0.436. The number of azide groups is 1.